The van der Waals surface area contributed by atoms with E-state index in [2.05, 4.69) is 29.2 Å². The molecule has 0 unspecified atom stereocenters. The lowest BCUT2D eigenvalue weighted by Gasteiger charge is -2.28. The molecule has 1 aliphatic rings. The van der Waals surface area contributed by atoms with Crippen molar-refractivity contribution in [3.63, 3.8) is 0 Å². The van der Waals surface area contributed by atoms with Gasteiger partial charge in [0.25, 0.3) is 5.91 Å². The van der Waals surface area contributed by atoms with Crippen LogP contribution in [0.15, 0.2) is 35.6 Å². The van der Waals surface area contributed by atoms with Gasteiger partial charge in [0.2, 0.25) is 0 Å². The molecule has 8 nitrogen and oxygen atoms in total. The van der Waals surface area contributed by atoms with Gasteiger partial charge in [0.1, 0.15) is 11.6 Å². The van der Waals surface area contributed by atoms with Gasteiger partial charge in [-0.25, -0.2) is 19.0 Å². The number of ether oxygens (including phenoxy) is 1. The molecular weight excluding hydrogens is 419 g/mol. The van der Waals surface area contributed by atoms with Crippen molar-refractivity contribution in [2.75, 3.05) is 37.7 Å². The molecule has 0 aliphatic carbocycles. The minimum absolute atomic E-state index is 0.290. The minimum Gasteiger partial charge on any atom is -0.378 e. The lowest BCUT2D eigenvalue weighted by molar-refractivity contribution is 0.0951. The van der Waals surface area contributed by atoms with Crippen molar-refractivity contribution in [1.82, 2.24) is 25.1 Å². The number of carbonyl (C=O) groups is 1. The topological polar surface area (TPSA) is 85.2 Å². The molecule has 3 heterocycles. The second-order valence-corrected chi connectivity index (χ2v) is 9.01. The molecule has 164 valence electrons. The van der Waals surface area contributed by atoms with Gasteiger partial charge in [-0.15, -0.1) is 0 Å². The Balaban J connectivity index is 1.54. The summed E-state index contributed by atoms with van der Waals surface area (Å²) in [5.41, 5.74) is 1.03. The second kappa shape index (κ2) is 9.61. The quantitative estimate of drug-likeness (QED) is 0.443. The number of hydrogen-bond acceptors (Lipinski definition) is 7. The normalized spacial score (nSPS) is 14.4. The number of halogens is 1. The van der Waals surface area contributed by atoms with Crippen molar-refractivity contribution in [2.24, 2.45) is 0 Å². The molecule has 0 radical (unpaired) electrons. The van der Waals surface area contributed by atoms with Gasteiger partial charge in [-0.2, -0.15) is 5.10 Å². The zero-order valence-corrected chi connectivity index (χ0v) is 18.4. The van der Waals surface area contributed by atoms with Crippen molar-refractivity contribution in [3.8, 4) is 0 Å². The molecular formula is C21H25FN6O2S. The first-order chi connectivity index (χ1) is 15.0. The Morgan fingerprint density at radius 1 is 1.29 bits per heavy atom. The molecule has 1 saturated heterocycles. The van der Waals surface area contributed by atoms with E-state index in [0.717, 1.165) is 29.9 Å². The number of nitrogens with one attached hydrogen (secondary N) is 1. The molecule has 0 bridgehead atoms. The van der Waals surface area contributed by atoms with Crippen molar-refractivity contribution < 1.29 is 13.9 Å². The van der Waals surface area contributed by atoms with Crippen LogP contribution in [0.5, 0.6) is 0 Å². The molecule has 1 aromatic carbocycles. The summed E-state index contributed by atoms with van der Waals surface area (Å²) in [6.07, 6.45) is 1.78. The van der Waals surface area contributed by atoms with Crippen LogP contribution >= 0.6 is 11.8 Å². The maximum absolute atomic E-state index is 13.3. The van der Waals surface area contributed by atoms with Crippen LogP contribution in [0.1, 0.15) is 24.2 Å². The predicted octanol–water partition coefficient (Wildman–Crippen LogP) is 2.73. The maximum atomic E-state index is 13.3. The van der Waals surface area contributed by atoms with Crippen LogP contribution in [0, 0.1) is 5.82 Å². The summed E-state index contributed by atoms with van der Waals surface area (Å²) < 4.78 is 20.6. The van der Waals surface area contributed by atoms with Crippen LogP contribution in [0.4, 0.5) is 10.2 Å². The average Bonchev–Trinajstić information content (AvgIpc) is 3.16. The molecule has 1 amide bonds. The van der Waals surface area contributed by atoms with Crippen LogP contribution in [0.3, 0.4) is 0 Å². The Morgan fingerprint density at radius 3 is 2.84 bits per heavy atom. The third-order valence-electron chi connectivity index (χ3n) is 4.80. The molecule has 2 aromatic heterocycles. The molecule has 1 aliphatic heterocycles. The number of rotatable bonds is 7. The predicted molar refractivity (Wildman–Crippen MR) is 118 cm³/mol. The van der Waals surface area contributed by atoms with E-state index in [9.17, 15) is 9.18 Å². The van der Waals surface area contributed by atoms with Crippen LogP contribution in [-0.2, 0) is 11.3 Å². The lowest BCUT2D eigenvalue weighted by atomic mass is 10.2. The standard InChI is InChI=1S/C21H25FN6O2S/c1-14(2)31-21-25-18(27-8-10-30-11-9-27)17-13-24-28(19(17)26-21)7-6-23-20(29)15-4-3-5-16(22)12-15/h3-5,12-14H,6-11H2,1-2H3,(H,23,29). The first-order valence-electron chi connectivity index (χ1n) is 10.3. The fourth-order valence-corrected chi connectivity index (χ4v) is 4.07. The number of thioether (sulfide) groups is 1. The summed E-state index contributed by atoms with van der Waals surface area (Å²) in [7, 11) is 0. The number of benzene rings is 1. The van der Waals surface area contributed by atoms with E-state index < -0.39 is 5.82 Å². The number of nitrogens with zero attached hydrogens (tertiary/aromatic N) is 5. The molecule has 4 rings (SSSR count). The molecule has 0 spiro atoms. The highest BCUT2D eigenvalue weighted by Gasteiger charge is 2.20. The van der Waals surface area contributed by atoms with Crippen LogP contribution in [0.25, 0.3) is 11.0 Å². The van der Waals surface area contributed by atoms with E-state index in [-0.39, 0.29) is 11.5 Å². The first-order valence-corrected chi connectivity index (χ1v) is 11.2. The molecule has 3 aromatic rings. The van der Waals surface area contributed by atoms with Gasteiger partial charge >= 0.3 is 0 Å². The lowest BCUT2D eigenvalue weighted by Crippen LogP contribution is -2.37. The van der Waals surface area contributed by atoms with E-state index in [0.29, 0.717) is 36.7 Å². The summed E-state index contributed by atoms with van der Waals surface area (Å²) in [5.74, 6) is 0.107. The molecule has 0 saturated carbocycles. The largest absolute Gasteiger partial charge is 0.378 e. The molecule has 1 N–H and O–H groups in total. The Hall–Kier alpha value is -2.72. The average molecular weight is 445 g/mol. The van der Waals surface area contributed by atoms with Crippen molar-refractivity contribution in [1.29, 1.82) is 0 Å². The monoisotopic (exact) mass is 444 g/mol. The fraction of sp³-hybridized carbons (Fsp3) is 0.429. The number of fused-ring (bicyclic) bond motifs is 1. The van der Waals surface area contributed by atoms with Gasteiger partial charge < -0.3 is 15.0 Å². The van der Waals surface area contributed by atoms with Gasteiger partial charge in [-0.1, -0.05) is 31.7 Å². The highest BCUT2D eigenvalue weighted by atomic mass is 32.2. The van der Waals surface area contributed by atoms with Crippen molar-refractivity contribution in [3.05, 3.63) is 41.8 Å². The first kappa shape index (κ1) is 21.5. The molecule has 0 atom stereocenters. The number of aromatic nitrogens is 4. The van der Waals surface area contributed by atoms with Gasteiger partial charge in [0.05, 0.1) is 31.3 Å². The van der Waals surface area contributed by atoms with Gasteiger partial charge in [-0.3, -0.25) is 4.79 Å². The van der Waals surface area contributed by atoms with Crippen molar-refractivity contribution >= 4 is 34.5 Å². The summed E-state index contributed by atoms with van der Waals surface area (Å²) in [5, 5.41) is 9.23. The van der Waals surface area contributed by atoms with Crippen LogP contribution < -0.4 is 10.2 Å². The second-order valence-electron chi connectivity index (χ2n) is 7.47. The van der Waals surface area contributed by atoms with E-state index in [1.807, 2.05) is 0 Å². The zero-order chi connectivity index (χ0) is 21.8. The number of carbonyl (C=O) groups excluding carboxylic acids is 1. The van der Waals surface area contributed by atoms with Crippen molar-refractivity contribution in [2.45, 2.75) is 30.8 Å². The van der Waals surface area contributed by atoms with E-state index in [4.69, 9.17) is 14.7 Å². The maximum Gasteiger partial charge on any atom is 0.251 e. The Labute approximate surface area is 184 Å². The Bertz CT molecular complexity index is 1070. The highest BCUT2D eigenvalue weighted by Crippen LogP contribution is 2.29. The van der Waals surface area contributed by atoms with Gasteiger partial charge in [0.15, 0.2) is 10.8 Å². The number of hydrogen-bond donors (Lipinski definition) is 1. The van der Waals surface area contributed by atoms with E-state index >= 15 is 0 Å². The fourth-order valence-electron chi connectivity index (χ4n) is 3.37. The van der Waals surface area contributed by atoms with E-state index in [1.165, 1.54) is 18.2 Å². The number of morpholine rings is 1. The van der Waals surface area contributed by atoms with Crippen LogP contribution in [-0.4, -0.2) is 63.8 Å². The SMILES string of the molecule is CC(C)Sc1nc(N2CCOCC2)c2cnn(CCNC(=O)c3cccc(F)c3)c2n1. The summed E-state index contributed by atoms with van der Waals surface area (Å²) in [6.45, 7) is 7.86. The van der Waals surface area contributed by atoms with Gasteiger partial charge in [-0.05, 0) is 18.2 Å². The summed E-state index contributed by atoms with van der Waals surface area (Å²) in [4.78, 5) is 24.0. The summed E-state index contributed by atoms with van der Waals surface area (Å²) in [6, 6.07) is 5.63. The number of amides is 1. The number of anilines is 1. The van der Waals surface area contributed by atoms with E-state index in [1.54, 1.807) is 28.7 Å². The molecule has 1 fully saturated rings. The molecule has 31 heavy (non-hydrogen) atoms. The molecule has 10 heteroatoms. The third kappa shape index (κ3) is 5.13. The van der Waals surface area contributed by atoms with Crippen LogP contribution in [0.2, 0.25) is 0 Å². The van der Waals surface area contributed by atoms with Gasteiger partial charge in [0, 0.05) is 30.4 Å². The smallest absolute Gasteiger partial charge is 0.251 e. The Kier molecular flexibility index (Phi) is 6.67. The minimum atomic E-state index is -0.437. The highest BCUT2D eigenvalue weighted by molar-refractivity contribution is 7.99. The summed E-state index contributed by atoms with van der Waals surface area (Å²) >= 11 is 1.60. The Morgan fingerprint density at radius 2 is 2.10 bits per heavy atom. The third-order valence-corrected chi connectivity index (χ3v) is 5.67. The zero-order valence-electron chi connectivity index (χ0n) is 17.5.